The first kappa shape index (κ1) is 9.90. The molecule has 2 atom stereocenters. The van der Waals surface area contributed by atoms with Gasteiger partial charge in [0, 0.05) is 25.1 Å². The maximum absolute atomic E-state index is 8.96. The van der Waals surface area contributed by atoms with Crippen LogP contribution in [0.3, 0.4) is 0 Å². The second-order valence-electron chi connectivity index (χ2n) is 3.68. The molecular formula is C11H15NOS. The number of aliphatic hydroxyl groups is 1. The Labute approximate surface area is 88.3 Å². The van der Waals surface area contributed by atoms with E-state index in [9.17, 15) is 0 Å². The molecule has 2 rings (SSSR count). The van der Waals surface area contributed by atoms with Crippen molar-refractivity contribution in [2.24, 2.45) is 5.92 Å². The fourth-order valence-corrected chi connectivity index (χ4v) is 2.37. The summed E-state index contributed by atoms with van der Waals surface area (Å²) in [5, 5.41) is 16.7. The first-order valence-corrected chi connectivity index (χ1v) is 5.86. The lowest BCUT2D eigenvalue weighted by atomic mass is 10.1. The lowest BCUT2D eigenvalue weighted by Gasteiger charge is -2.11. The highest BCUT2D eigenvalue weighted by molar-refractivity contribution is 7.07. The molecule has 76 valence electrons. The highest BCUT2D eigenvalue weighted by Gasteiger charge is 2.17. The van der Waals surface area contributed by atoms with Gasteiger partial charge in [0.25, 0.3) is 0 Å². The van der Waals surface area contributed by atoms with Gasteiger partial charge in [0.1, 0.15) is 0 Å². The molecular weight excluding hydrogens is 194 g/mol. The number of aliphatic hydroxyl groups excluding tert-OH is 1. The van der Waals surface area contributed by atoms with Gasteiger partial charge in [-0.3, -0.25) is 0 Å². The molecule has 0 aliphatic heterocycles. The van der Waals surface area contributed by atoms with Crippen molar-refractivity contribution in [3.05, 3.63) is 34.5 Å². The van der Waals surface area contributed by atoms with Crippen molar-refractivity contribution >= 4 is 11.3 Å². The molecule has 0 unspecified atom stereocenters. The highest BCUT2D eigenvalue weighted by atomic mass is 32.1. The van der Waals surface area contributed by atoms with E-state index in [0.29, 0.717) is 12.0 Å². The van der Waals surface area contributed by atoms with Gasteiger partial charge in [-0.1, -0.05) is 12.2 Å². The third-order valence-corrected chi connectivity index (χ3v) is 3.29. The van der Waals surface area contributed by atoms with Crippen LogP contribution in [0.2, 0.25) is 0 Å². The molecule has 1 aliphatic carbocycles. The van der Waals surface area contributed by atoms with E-state index >= 15 is 0 Å². The fraction of sp³-hybridized carbons (Fsp3) is 0.455. The van der Waals surface area contributed by atoms with Gasteiger partial charge < -0.3 is 10.4 Å². The fourth-order valence-electron chi connectivity index (χ4n) is 1.70. The maximum atomic E-state index is 8.96. The largest absolute Gasteiger partial charge is 0.396 e. The van der Waals surface area contributed by atoms with Crippen LogP contribution >= 0.6 is 11.3 Å². The Kier molecular flexibility index (Phi) is 3.35. The Morgan fingerprint density at radius 1 is 1.50 bits per heavy atom. The van der Waals surface area contributed by atoms with Crippen LogP contribution in [-0.2, 0) is 6.54 Å². The molecule has 0 saturated heterocycles. The van der Waals surface area contributed by atoms with Crippen LogP contribution in [0.1, 0.15) is 12.0 Å². The summed E-state index contributed by atoms with van der Waals surface area (Å²) in [5.74, 6) is 0.356. The van der Waals surface area contributed by atoms with E-state index in [1.165, 1.54) is 5.56 Å². The van der Waals surface area contributed by atoms with E-state index in [0.717, 1.165) is 13.0 Å². The molecule has 3 heteroatoms. The van der Waals surface area contributed by atoms with E-state index in [2.05, 4.69) is 34.3 Å². The third kappa shape index (κ3) is 2.44. The summed E-state index contributed by atoms with van der Waals surface area (Å²) in [7, 11) is 0. The average molecular weight is 209 g/mol. The first-order valence-electron chi connectivity index (χ1n) is 4.92. The number of thiophene rings is 1. The number of rotatable bonds is 4. The summed E-state index contributed by atoms with van der Waals surface area (Å²) in [4.78, 5) is 0. The summed E-state index contributed by atoms with van der Waals surface area (Å²) >= 11 is 1.73. The summed E-state index contributed by atoms with van der Waals surface area (Å²) in [5.41, 5.74) is 1.34. The molecule has 0 bridgehead atoms. The number of hydrogen-bond acceptors (Lipinski definition) is 3. The Morgan fingerprint density at radius 3 is 3.07 bits per heavy atom. The van der Waals surface area contributed by atoms with Gasteiger partial charge in [-0.25, -0.2) is 0 Å². The SMILES string of the molecule is OC[C@H]1C=C[C@@H](NCc2ccsc2)C1. The van der Waals surface area contributed by atoms with Crippen LogP contribution in [0.5, 0.6) is 0 Å². The number of hydrogen-bond donors (Lipinski definition) is 2. The van der Waals surface area contributed by atoms with Gasteiger partial charge in [-0.15, -0.1) is 0 Å². The van der Waals surface area contributed by atoms with Gasteiger partial charge in [0.2, 0.25) is 0 Å². The predicted molar refractivity (Wildman–Crippen MR) is 59.3 cm³/mol. The molecule has 0 aromatic carbocycles. The van der Waals surface area contributed by atoms with E-state index in [1.807, 2.05) is 0 Å². The smallest absolute Gasteiger partial charge is 0.0494 e. The molecule has 1 heterocycles. The first-order chi connectivity index (χ1) is 6.88. The van der Waals surface area contributed by atoms with Crippen LogP contribution in [0, 0.1) is 5.92 Å². The van der Waals surface area contributed by atoms with Crippen LogP contribution in [-0.4, -0.2) is 17.8 Å². The second kappa shape index (κ2) is 4.73. The van der Waals surface area contributed by atoms with Crippen LogP contribution < -0.4 is 5.32 Å². The van der Waals surface area contributed by atoms with Crippen molar-refractivity contribution in [1.29, 1.82) is 0 Å². The second-order valence-corrected chi connectivity index (χ2v) is 4.46. The van der Waals surface area contributed by atoms with Crippen molar-refractivity contribution in [1.82, 2.24) is 5.32 Å². The van der Waals surface area contributed by atoms with Crippen molar-refractivity contribution < 1.29 is 5.11 Å². The van der Waals surface area contributed by atoms with Crippen molar-refractivity contribution in [2.45, 2.75) is 19.0 Å². The summed E-state index contributed by atoms with van der Waals surface area (Å²) in [6.45, 7) is 1.20. The lowest BCUT2D eigenvalue weighted by molar-refractivity contribution is 0.246. The molecule has 0 fully saturated rings. The van der Waals surface area contributed by atoms with Gasteiger partial charge in [0.15, 0.2) is 0 Å². The van der Waals surface area contributed by atoms with Gasteiger partial charge >= 0.3 is 0 Å². The molecule has 0 radical (unpaired) electrons. The van der Waals surface area contributed by atoms with E-state index in [1.54, 1.807) is 11.3 Å². The minimum Gasteiger partial charge on any atom is -0.396 e. The van der Waals surface area contributed by atoms with E-state index in [-0.39, 0.29) is 6.61 Å². The third-order valence-electron chi connectivity index (χ3n) is 2.56. The zero-order valence-corrected chi connectivity index (χ0v) is 8.83. The molecule has 0 amide bonds. The molecule has 1 aliphatic rings. The minimum atomic E-state index is 0.271. The van der Waals surface area contributed by atoms with Crippen LogP contribution in [0.15, 0.2) is 29.0 Å². The Balaban J connectivity index is 1.75. The van der Waals surface area contributed by atoms with Crippen molar-refractivity contribution in [3.63, 3.8) is 0 Å². The zero-order valence-electron chi connectivity index (χ0n) is 8.02. The zero-order chi connectivity index (χ0) is 9.80. The average Bonchev–Trinajstić information content (AvgIpc) is 2.86. The van der Waals surface area contributed by atoms with Crippen LogP contribution in [0.25, 0.3) is 0 Å². The van der Waals surface area contributed by atoms with Crippen LogP contribution in [0.4, 0.5) is 0 Å². The van der Waals surface area contributed by atoms with E-state index < -0.39 is 0 Å². The Bertz CT molecular complexity index is 294. The monoisotopic (exact) mass is 209 g/mol. The van der Waals surface area contributed by atoms with Gasteiger partial charge in [0.05, 0.1) is 0 Å². The van der Waals surface area contributed by atoms with Crippen molar-refractivity contribution in [3.8, 4) is 0 Å². The minimum absolute atomic E-state index is 0.271. The molecule has 0 spiro atoms. The Hall–Kier alpha value is -0.640. The molecule has 2 nitrogen and oxygen atoms in total. The summed E-state index contributed by atoms with van der Waals surface area (Å²) < 4.78 is 0. The van der Waals surface area contributed by atoms with Crippen molar-refractivity contribution in [2.75, 3.05) is 6.61 Å². The molecule has 1 aromatic heterocycles. The molecule has 14 heavy (non-hydrogen) atoms. The molecule has 0 saturated carbocycles. The lowest BCUT2D eigenvalue weighted by Crippen LogP contribution is -2.25. The normalized spacial score (nSPS) is 25.8. The quantitative estimate of drug-likeness (QED) is 0.741. The standard InChI is InChI=1S/C11H15NOS/c13-7-9-1-2-11(5-9)12-6-10-3-4-14-8-10/h1-4,8-9,11-13H,5-7H2/t9-,11+/m0/s1. The maximum Gasteiger partial charge on any atom is 0.0494 e. The highest BCUT2D eigenvalue weighted by Crippen LogP contribution is 2.17. The summed E-state index contributed by atoms with van der Waals surface area (Å²) in [6, 6.07) is 2.58. The number of nitrogens with one attached hydrogen (secondary N) is 1. The predicted octanol–water partition coefficient (Wildman–Crippen LogP) is 1.77. The summed E-state index contributed by atoms with van der Waals surface area (Å²) in [6.07, 6.45) is 5.29. The molecule has 2 N–H and O–H groups in total. The van der Waals surface area contributed by atoms with E-state index in [4.69, 9.17) is 5.11 Å². The topological polar surface area (TPSA) is 32.3 Å². The Morgan fingerprint density at radius 2 is 2.43 bits per heavy atom. The van der Waals surface area contributed by atoms with Gasteiger partial charge in [-0.2, -0.15) is 11.3 Å². The van der Waals surface area contributed by atoms with Gasteiger partial charge in [-0.05, 0) is 28.8 Å². The molecule has 1 aromatic rings.